The van der Waals surface area contributed by atoms with Gasteiger partial charge in [0.05, 0.1) is 24.9 Å². The number of ether oxygens (including phenoxy) is 2. The van der Waals surface area contributed by atoms with Gasteiger partial charge in [-0.2, -0.15) is 0 Å². The molecule has 2 aromatic heterocycles. The second-order valence-corrected chi connectivity index (χ2v) is 7.76. The minimum atomic E-state index is -0.588. The third kappa shape index (κ3) is 4.15. The van der Waals surface area contributed by atoms with Crippen LogP contribution in [0.3, 0.4) is 0 Å². The van der Waals surface area contributed by atoms with Gasteiger partial charge in [-0.1, -0.05) is 0 Å². The van der Waals surface area contributed by atoms with Gasteiger partial charge in [-0.3, -0.25) is 14.2 Å². The number of anilines is 1. The molecule has 0 bridgehead atoms. The fourth-order valence-electron chi connectivity index (χ4n) is 3.34. The minimum Gasteiger partial charge on any atom is -0.497 e. The summed E-state index contributed by atoms with van der Waals surface area (Å²) in [5.41, 5.74) is 0.399. The van der Waals surface area contributed by atoms with Crippen LogP contribution in [0.2, 0.25) is 0 Å². The summed E-state index contributed by atoms with van der Waals surface area (Å²) in [6.45, 7) is 2.14. The number of aromatic nitrogens is 2. The molecule has 0 fully saturated rings. The van der Waals surface area contributed by atoms with Gasteiger partial charge >= 0.3 is 5.69 Å². The van der Waals surface area contributed by atoms with Gasteiger partial charge in [-0.25, -0.2) is 9.36 Å². The lowest BCUT2D eigenvalue weighted by Gasteiger charge is -2.13. The van der Waals surface area contributed by atoms with Crippen molar-refractivity contribution in [2.75, 3.05) is 19.0 Å². The highest BCUT2D eigenvalue weighted by Crippen LogP contribution is 2.19. The zero-order chi connectivity index (χ0) is 22.7. The lowest BCUT2D eigenvalue weighted by atomic mass is 10.3. The van der Waals surface area contributed by atoms with E-state index in [0.717, 1.165) is 4.57 Å². The maximum Gasteiger partial charge on any atom is 0.336 e. The fraction of sp³-hybridized carbons (Fsp3) is 0.174. The van der Waals surface area contributed by atoms with Crippen molar-refractivity contribution >= 4 is 33.1 Å². The summed E-state index contributed by atoms with van der Waals surface area (Å²) in [7, 11) is 1.56. The summed E-state index contributed by atoms with van der Waals surface area (Å²) in [5, 5.41) is 4.49. The molecule has 0 unspecified atom stereocenters. The Morgan fingerprint density at radius 3 is 2.34 bits per heavy atom. The van der Waals surface area contributed by atoms with E-state index in [1.807, 2.05) is 6.92 Å². The molecular formula is C23H21N3O5S. The topological polar surface area (TPSA) is 91.6 Å². The highest BCUT2D eigenvalue weighted by Gasteiger charge is 2.17. The molecule has 2 heterocycles. The first-order valence-corrected chi connectivity index (χ1v) is 10.8. The molecule has 32 heavy (non-hydrogen) atoms. The molecule has 0 aliphatic carbocycles. The number of benzene rings is 2. The number of hydrogen-bond acceptors (Lipinski definition) is 6. The Hall–Kier alpha value is -3.85. The number of carbonyl (C=O) groups excluding carboxylic acids is 1. The van der Waals surface area contributed by atoms with Gasteiger partial charge in [0.2, 0.25) is 5.91 Å². The molecule has 0 spiro atoms. The van der Waals surface area contributed by atoms with Crippen LogP contribution in [0.15, 0.2) is 69.6 Å². The Morgan fingerprint density at radius 2 is 1.69 bits per heavy atom. The molecule has 1 N–H and O–H groups in total. The van der Waals surface area contributed by atoms with E-state index in [-0.39, 0.29) is 12.5 Å². The zero-order valence-electron chi connectivity index (χ0n) is 17.5. The Bertz CT molecular complexity index is 1370. The van der Waals surface area contributed by atoms with Crippen molar-refractivity contribution < 1.29 is 14.3 Å². The van der Waals surface area contributed by atoms with Crippen molar-refractivity contribution in [3.8, 4) is 17.2 Å². The molecular weight excluding hydrogens is 430 g/mol. The van der Waals surface area contributed by atoms with Gasteiger partial charge in [0, 0.05) is 5.69 Å². The molecule has 9 heteroatoms. The van der Waals surface area contributed by atoms with Crippen LogP contribution >= 0.6 is 11.3 Å². The zero-order valence-corrected chi connectivity index (χ0v) is 18.3. The molecule has 0 aliphatic rings. The van der Waals surface area contributed by atoms with E-state index in [1.165, 1.54) is 15.9 Å². The van der Waals surface area contributed by atoms with Crippen LogP contribution in [0.4, 0.5) is 5.69 Å². The summed E-state index contributed by atoms with van der Waals surface area (Å²) in [6, 6.07) is 15.2. The number of thiophene rings is 1. The van der Waals surface area contributed by atoms with E-state index in [1.54, 1.807) is 67.1 Å². The summed E-state index contributed by atoms with van der Waals surface area (Å²) in [6.07, 6.45) is 0. The molecule has 2 aromatic carbocycles. The number of hydrogen-bond donors (Lipinski definition) is 1. The number of fused-ring (bicyclic) bond motifs is 1. The quantitative estimate of drug-likeness (QED) is 0.466. The third-order valence-electron chi connectivity index (χ3n) is 4.84. The largest absolute Gasteiger partial charge is 0.497 e. The number of methoxy groups -OCH3 is 1. The summed E-state index contributed by atoms with van der Waals surface area (Å²) in [5.74, 6) is 0.920. The summed E-state index contributed by atoms with van der Waals surface area (Å²) >= 11 is 1.23. The van der Waals surface area contributed by atoms with Crippen LogP contribution in [-0.2, 0) is 11.3 Å². The van der Waals surface area contributed by atoms with E-state index < -0.39 is 11.2 Å². The summed E-state index contributed by atoms with van der Waals surface area (Å²) < 4.78 is 13.3. The van der Waals surface area contributed by atoms with Crippen LogP contribution in [0.5, 0.6) is 11.5 Å². The van der Waals surface area contributed by atoms with Crippen LogP contribution in [0.25, 0.3) is 15.9 Å². The van der Waals surface area contributed by atoms with Crippen molar-refractivity contribution in [1.82, 2.24) is 9.13 Å². The van der Waals surface area contributed by atoms with E-state index >= 15 is 0 Å². The summed E-state index contributed by atoms with van der Waals surface area (Å²) in [4.78, 5) is 39.0. The predicted molar refractivity (Wildman–Crippen MR) is 124 cm³/mol. The van der Waals surface area contributed by atoms with Gasteiger partial charge in [-0.15, -0.1) is 11.3 Å². The van der Waals surface area contributed by atoms with Crippen molar-refractivity contribution in [2.45, 2.75) is 13.5 Å². The Labute approximate surface area is 187 Å². The first kappa shape index (κ1) is 21.4. The Kier molecular flexibility index (Phi) is 6.09. The average molecular weight is 452 g/mol. The second-order valence-electron chi connectivity index (χ2n) is 6.85. The molecule has 4 aromatic rings. The first-order valence-electron chi connectivity index (χ1n) is 9.92. The number of nitrogens with zero attached hydrogens (tertiary/aromatic N) is 2. The average Bonchev–Trinajstić information content (AvgIpc) is 3.29. The number of nitrogens with one attached hydrogen (secondary N) is 1. The van der Waals surface area contributed by atoms with Gasteiger partial charge in [0.15, 0.2) is 0 Å². The van der Waals surface area contributed by atoms with Crippen LogP contribution < -0.4 is 26.0 Å². The van der Waals surface area contributed by atoms with Gasteiger partial charge in [0.25, 0.3) is 5.56 Å². The van der Waals surface area contributed by atoms with Crippen molar-refractivity contribution in [3.63, 3.8) is 0 Å². The molecule has 0 saturated heterocycles. The highest BCUT2D eigenvalue weighted by molar-refractivity contribution is 7.17. The smallest absolute Gasteiger partial charge is 0.336 e. The molecule has 0 atom stereocenters. The van der Waals surface area contributed by atoms with Crippen LogP contribution in [0, 0.1) is 0 Å². The molecule has 1 amide bonds. The van der Waals surface area contributed by atoms with Crippen LogP contribution in [0.1, 0.15) is 6.92 Å². The molecule has 0 saturated carbocycles. The predicted octanol–water partition coefficient (Wildman–Crippen LogP) is 3.26. The highest BCUT2D eigenvalue weighted by atomic mass is 32.1. The molecule has 4 rings (SSSR count). The SMILES string of the molecule is CCOc1ccc(-n2c(=O)c3sccc3n(CC(=O)Nc3ccc(OC)cc3)c2=O)cc1. The minimum absolute atomic E-state index is 0.241. The van der Waals surface area contributed by atoms with E-state index in [4.69, 9.17) is 9.47 Å². The van der Waals surface area contributed by atoms with E-state index in [0.29, 0.717) is 39.7 Å². The van der Waals surface area contributed by atoms with Crippen LogP contribution in [-0.4, -0.2) is 28.8 Å². The lowest BCUT2D eigenvalue weighted by Crippen LogP contribution is -2.40. The first-order chi connectivity index (χ1) is 15.5. The molecule has 0 aliphatic heterocycles. The Morgan fingerprint density at radius 1 is 1.00 bits per heavy atom. The lowest BCUT2D eigenvalue weighted by molar-refractivity contribution is -0.116. The van der Waals surface area contributed by atoms with Gasteiger partial charge in [0.1, 0.15) is 22.7 Å². The van der Waals surface area contributed by atoms with E-state index in [2.05, 4.69) is 5.32 Å². The number of amides is 1. The van der Waals surface area contributed by atoms with Gasteiger partial charge in [-0.05, 0) is 66.9 Å². The normalized spacial score (nSPS) is 10.8. The number of rotatable bonds is 7. The second kappa shape index (κ2) is 9.11. The third-order valence-corrected chi connectivity index (χ3v) is 5.73. The van der Waals surface area contributed by atoms with Crippen molar-refractivity contribution in [3.05, 3.63) is 80.8 Å². The number of carbonyl (C=O) groups is 1. The maximum absolute atomic E-state index is 13.3. The van der Waals surface area contributed by atoms with Gasteiger partial charge < -0.3 is 14.8 Å². The monoisotopic (exact) mass is 451 g/mol. The molecule has 8 nitrogen and oxygen atoms in total. The van der Waals surface area contributed by atoms with E-state index in [9.17, 15) is 14.4 Å². The van der Waals surface area contributed by atoms with Crippen molar-refractivity contribution in [1.29, 1.82) is 0 Å². The maximum atomic E-state index is 13.3. The molecule has 0 radical (unpaired) electrons. The fourth-order valence-corrected chi connectivity index (χ4v) is 4.17. The Balaban J connectivity index is 1.71. The molecule has 164 valence electrons. The van der Waals surface area contributed by atoms with Crippen molar-refractivity contribution in [2.24, 2.45) is 0 Å². The standard InChI is InChI=1S/C23H21N3O5S/c1-3-31-18-10-6-16(7-11-18)26-22(28)21-19(12-13-32-21)25(23(26)29)14-20(27)24-15-4-8-17(30-2)9-5-15/h4-13H,3,14H2,1-2H3,(H,24,27).